The van der Waals surface area contributed by atoms with Crippen LogP contribution in [0.5, 0.6) is 0 Å². The molecular weight excluding hydrogens is 262 g/mol. The van der Waals surface area contributed by atoms with Crippen LogP contribution in [0.3, 0.4) is 0 Å². The zero-order valence-corrected chi connectivity index (χ0v) is 11.4. The lowest BCUT2D eigenvalue weighted by Crippen LogP contribution is -2.40. The quantitative estimate of drug-likeness (QED) is 0.833. The van der Waals surface area contributed by atoms with E-state index in [1.807, 2.05) is 41.1 Å². The van der Waals surface area contributed by atoms with Gasteiger partial charge in [0.1, 0.15) is 5.82 Å². The van der Waals surface area contributed by atoms with Crippen molar-refractivity contribution in [2.45, 2.75) is 19.1 Å². The number of benzene rings is 1. The first kappa shape index (κ1) is 12.4. The second kappa shape index (κ2) is 4.47. The molecule has 1 aliphatic heterocycles. The average molecular weight is 277 g/mol. The Kier molecular flexibility index (Phi) is 2.91. The van der Waals surface area contributed by atoms with Gasteiger partial charge in [-0.25, -0.2) is 13.4 Å². The molecule has 1 unspecified atom stereocenters. The van der Waals surface area contributed by atoms with Gasteiger partial charge in [-0.3, -0.25) is 0 Å². The Labute approximate surface area is 112 Å². The van der Waals surface area contributed by atoms with Crippen molar-refractivity contribution in [2.24, 2.45) is 0 Å². The van der Waals surface area contributed by atoms with E-state index in [2.05, 4.69) is 4.98 Å². The molecule has 0 aliphatic carbocycles. The summed E-state index contributed by atoms with van der Waals surface area (Å²) in [5.74, 6) is 0.789. The number of imidazole rings is 1. The summed E-state index contributed by atoms with van der Waals surface area (Å²) in [4.78, 5) is 4.21. The summed E-state index contributed by atoms with van der Waals surface area (Å²) in [6, 6.07) is 9.55. The molecule has 1 aromatic carbocycles. The van der Waals surface area contributed by atoms with Gasteiger partial charge in [-0.05, 0) is 5.56 Å². The largest absolute Gasteiger partial charge is 0.332 e. The summed E-state index contributed by atoms with van der Waals surface area (Å²) in [6.07, 6.45) is 4.86. The van der Waals surface area contributed by atoms with Crippen LogP contribution >= 0.6 is 0 Å². The fourth-order valence-electron chi connectivity index (χ4n) is 2.48. The maximum Gasteiger partial charge on any atom is 0.212 e. The lowest BCUT2D eigenvalue weighted by Gasteiger charge is -2.34. The number of fused-ring (bicyclic) bond motifs is 1. The molecule has 19 heavy (non-hydrogen) atoms. The summed E-state index contributed by atoms with van der Waals surface area (Å²) in [5.41, 5.74) is 1.01. The highest BCUT2D eigenvalue weighted by atomic mass is 32.2. The Balaban J connectivity index is 2.06. The first-order chi connectivity index (χ1) is 9.05. The number of aromatic nitrogens is 2. The SMILES string of the molecule is CS(=O)(=O)N1Cc2nccn2CC1c1ccccc1. The molecule has 0 saturated heterocycles. The standard InChI is InChI=1S/C13H15N3O2S/c1-19(17,18)16-10-13-14-7-8-15(13)9-12(16)11-5-3-2-4-6-11/h2-8,12H,9-10H2,1H3. The Morgan fingerprint density at radius 3 is 2.68 bits per heavy atom. The van der Waals surface area contributed by atoms with Crippen LogP contribution in [0.2, 0.25) is 0 Å². The first-order valence-corrected chi connectivity index (χ1v) is 7.92. The van der Waals surface area contributed by atoms with Gasteiger partial charge < -0.3 is 4.57 Å². The maximum atomic E-state index is 12.0. The lowest BCUT2D eigenvalue weighted by molar-refractivity contribution is 0.245. The van der Waals surface area contributed by atoms with E-state index in [0.717, 1.165) is 11.4 Å². The van der Waals surface area contributed by atoms with E-state index in [1.165, 1.54) is 10.6 Å². The van der Waals surface area contributed by atoms with Crippen LogP contribution in [0.15, 0.2) is 42.7 Å². The van der Waals surface area contributed by atoms with E-state index in [-0.39, 0.29) is 6.04 Å². The molecule has 0 spiro atoms. The van der Waals surface area contributed by atoms with Crippen LogP contribution in [0.25, 0.3) is 0 Å². The van der Waals surface area contributed by atoms with Crippen molar-refractivity contribution in [3.63, 3.8) is 0 Å². The van der Waals surface area contributed by atoms with Gasteiger partial charge in [0, 0.05) is 18.9 Å². The topological polar surface area (TPSA) is 55.2 Å². The molecule has 0 bridgehead atoms. The molecule has 5 nitrogen and oxygen atoms in total. The molecule has 0 radical (unpaired) electrons. The molecule has 0 N–H and O–H groups in total. The Morgan fingerprint density at radius 1 is 1.26 bits per heavy atom. The van der Waals surface area contributed by atoms with E-state index in [0.29, 0.717) is 13.1 Å². The molecule has 6 heteroatoms. The van der Waals surface area contributed by atoms with Crippen molar-refractivity contribution < 1.29 is 8.42 Å². The summed E-state index contributed by atoms with van der Waals surface area (Å²) < 4.78 is 27.5. The third-order valence-electron chi connectivity index (χ3n) is 3.43. The van der Waals surface area contributed by atoms with E-state index in [1.54, 1.807) is 6.20 Å². The monoisotopic (exact) mass is 277 g/mol. The minimum absolute atomic E-state index is 0.169. The zero-order chi connectivity index (χ0) is 13.5. The van der Waals surface area contributed by atoms with Crippen molar-refractivity contribution in [3.8, 4) is 0 Å². The summed E-state index contributed by atoms with van der Waals surface area (Å²) in [6.45, 7) is 0.928. The van der Waals surface area contributed by atoms with E-state index < -0.39 is 10.0 Å². The molecule has 2 aromatic rings. The van der Waals surface area contributed by atoms with Crippen molar-refractivity contribution >= 4 is 10.0 Å². The second-order valence-corrected chi connectivity index (χ2v) is 6.67. The number of sulfonamides is 1. The Hall–Kier alpha value is -1.66. The van der Waals surface area contributed by atoms with Crippen LogP contribution in [-0.2, 0) is 23.1 Å². The predicted molar refractivity (Wildman–Crippen MR) is 71.8 cm³/mol. The normalized spacial score (nSPS) is 20.2. The van der Waals surface area contributed by atoms with Gasteiger partial charge in [0.25, 0.3) is 0 Å². The van der Waals surface area contributed by atoms with Gasteiger partial charge in [0.15, 0.2) is 0 Å². The predicted octanol–water partition coefficient (Wildman–Crippen LogP) is 1.40. The van der Waals surface area contributed by atoms with Crippen LogP contribution < -0.4 is 0 Å². The first-order valence-electron chi connectivity index (χ1n) is 6.07. The van der Waals surface area contributed by atoms with Gasteiger partial charge >= 0.3 is 0 Å². The van der Waals surface area contributed by atoms with Crippen LogP contribution in [0.4, 0.5) is 0 Å². The molecule has 3 rings (SSSR count). The molecule has 2 heterocycles. The minimum atomic E-state index is -3.26. The third kappa shape index (κ3) is 2.29. The van der Waals surface area contributed by atoms with Gasteiger partial charge in [0.05, 0.1) is 18.8 Å². The van der Waals surface area contributed by atoms with E-state index in [9.17, 15) is 8.42 Å². The van der Waals surface area contributed by atoms with Crippen LogP contribution in [0.1, 0.15) is 17.4 Å². The third-order valence-corrected chi connectivity index (χ3v) is 4.66. The highest BCUT2D eigenvalue weighted by Gasteiger charge is 2.33. The molecule has 1 atom stereocenters. The fourth-order valence-corrected chi connectivity index (χ4v) is 3.48. The Morgan fingerprint density at radius 2 is 2.00 bits per heavy atom. The molecule has 0 saturated carbocycles. The smallest absolute Gasteiger partial charge is 0.212 e. The number of hydrogen-bond donors (Lipinski definition) is 0. The minimum Gasteiger partial charge on any atom is -0.332 e. The average Bonchev–Trinajstić information content (AvgIpc) is 2.84. The number of nitrogens with zero attached hydrogens (tertiary/aromatic N) is 3. The summed E-state index contributed by atoms with van der Waals surface area (Å²) >= 11 is 0. The second-order valence-electron chi connectivity index (χ2n) is 4.73. The molecular formula is C13H15N3O2S. The number of rotatable bonds is 2. The van der Waals surface area contributed by atoms with Gasteiger partial charge in [-0.2, -0.15) is 4.31 Å². The lowest BCUT2D eigenvalue weighted by atomic mass is 10.1. The van der Waals surface area contributed by atoms with Crippen LogP contribution in [-0.4, -0.2) is 28.5 Å². The van der Waals surface area contributed by atoms with Gasteiger partial charge in [-0.1, -0.05) is 30.3 Å². The maximum absolute atomic E-state index is 12.0. The summed E-state index contributed by atoms with van der Waals surface area (Å²) in [5, 5.41) is 0. The molecule has 100 valence electrons. The highest BCUT2D eigenvalue weighted by molar-refractivity contribution is 7.88. The van der Waals surface area contributed by atoms with Crippen LogP contribution in [0, 0.1) is 0 Å². The highest BCUT2D eigenvalue weighted by Crippen LogP contribution is 2.30. The molecule has 1 aromatic heterocycles. The van der Waals surface area contributed by atoms with E-state index in [4.69, 9.17) is 0 Å². The zero-order valence-electron chi connectivity index (χ0n) is 10.6. The van der Waals surface area contributed by atoms with Crippen molar-refractivity contribution in [3.05, 3.63) is 54.1 Å². The number of hydrogen-bond acceptors (Lipinski definition) is 3. The van der Waals surface area contributed by atoms with Crippen molar-refractivity contribution in [2.75, 3.05) is 6.26 Å². The molecule has 0 fully saturated rings. The van der Waals surface area contributed by atoms with Gasteiger partial charge in [-0.15, -0.1) is 0 Å². The fraction of sp³-hybridized carbons (Fsp3) is 0.308. The summed E-state index contributed by atoms with van der Waals surface area (Å²) in [7, 11) is -3.26. The Bertz CT molecular complexity index is 679. The molecule has 1 aliphatic rings. The van der Waals surface area contributed by atoms with Crippen molar-refractivity contribution in [1.29, 1.82) is 0 Å². The van der Waals surface area contributed by atoms with E-state index >= 15 is 0 Å². The van der Waals surface area contributed by atoms with Crippen molar-refractivity contribution in [1.82, 2.24) is 13.9 Å². The molecule has 0 amide bonds. The van der Waals surface area contributed by atoms with Gasteiger partial charge in [0.2, 0.25) is 10.0 Å².